The number of halogens is 1. The molecule has 9 fully saturated rings. The third kappa shape index (κ3) is 16.1. The van der Waals surface area contributed by atoms with Gasteiger partial charge in [-0.1, -0.05) is 236 Å². The lowest BCUT2D eigenvalue weighted by atomic mass is 9.94. The molecule has 21 nitrogen and oxygen atoms in total. The number of aliphatic hydroxyl groups excluding tert-OH is 2. The van der Waals surface area contributed by atoms with Crippen LogP contribution in [0.2, 0.25) is 0 Å². The number of nitrogens with one attached hydrogen (secondary N) is 2. The second kappa shape index (κ2) is 34.6. The summed E-state index contributed by atoms with van der Waals surface area (Å²) in [6.07, 6.45) is 0.944. The smallest absolute Gasteiger partial charge is 0.253 e. The number of nitrogens with zero attached hydrogens (tertiary/aromatic N) is 5. The van der Waals surface area contributed by atoms with Crippen molar-refractivity contribution in [2.24, 2.45) is 47.3 Å². The fraction of sp³-hybridized carbons (Fsp3) is 0.482. The predicted octanol–water partition coefficient (Wildman–Crippen LogP) is 11.3. The first-order valence-electron chi connectivity index (χ1n) is 36.4. The molecule has 4 N–H and O–H groups in total. The minimum absolute atomic E-state index is 0. The molecule has 0 radical (unpaired) electrons. The summed E-state index contributed by atoms with van der Waals surface area (Å²) in [6, 6.07) is 50.4. The number of benzene rings is 5. The van der Waals surface area contributed by atoms with Gasteiger partial charge in [-0.15, -0.1) is 0 Å². The van der Waals surface area contributed by atoms with Gasteiger partial charge in [-0.25, -0.2) is 0 Å². The van der Waals surface area contributed by atoms with E-state index < -0.39 is 0 Å². The number of carbonyl (C=O) groups excluding carboxylic acids is 7. The Kier molecular flexibility index (Phi) is 26.1. The van der Waals surface area contributed by atoms with Crippen molar-refractivity contribution in [2.45, 2.75) is 164 Å². The van der Waals surface area contributed by atoms with Crippen LogP contribution < -0.4 is 10.6 Å². The molecule has 0 aromatic heterocycles. The zero-order chi connectivity index (χ0) is 74.5. The van der Waals surface area contributed by atoms with E-state index in [1.807, 2.05) is 251 Å². The Labute approximate surface area is 626 Å². The number of aliphatic hydroxyl groups is 2. The van der Waals surface area contributed by atoms with Crippen molar-refractivity contribution in [1.82, 2.24) is 35.1 Å². The Morgan fingerprint density at radius 3 is 1.05 bits per heavy atom. The van der Waals surface area contributed by atoms with Crippen LogP contribution in [0.5, 0.6) is 0 Å². The quantitative estimate of drug-likeness (QED) is 0.118. The molecule has 22 heteroatoms. The van der Waals surface area contributed by atoms with Crippen molar-refractivity contribution < 1.29 is 67.5 Å². The predicted molar refractivity (Wildman–Crippen MR) is 401 cm³/mol. The number of hydrogen-bond donors (Lipinski definition) is 4. The minimum Gasteiger partial charge on any atom is -0.394 e. The Morgan fingerprint density at radius 2 is 0.705 bits per heavy atom. The van der Waals surface area contributed by atoms with E-state index >= 15 is 0 Å². The van der Waals surface area contributed by atoms with E-state index in [-0.39, 0.29) is 171 Å². The molecule has 105 heavy (non-hydrogen) atoms. The van der Waals surface area contributed by atoms with Gasteiger partial charge in [0, 0.05) is 72.7 Å². The van der Waals surface area contributed by atoms with Gasteiger partial charge in [0.15, 0.2) is 31.1 Å². The molecule has 0 saturated carbocycles. The summed E-state index contributed by atoms with van der Waals surface area (Å²) >= 11 is 3.49. The minimum atomic E-state index is -0.251. The highest BCUT2D eigenvalue weighted by molar-refractivity contribution is 9.11. The van der Waals surface area contributed by atoms with Crippen LogP contribution in [-0.4, -0.2) is 165 Å². The van der Waals surface area contributed by atoms with E-state index in [2.05, 4.69) is 40.4 Å². The van der Waals surface area contributed by atoms with Crippen LogP contribution in [0.25, 0.3) is 0 Å². The highest BCUT2D eigenvalue weighted by Crippen LogP contribution is 2.46. The molecule has 20 atom stereocenters. The van der Waals surface area contributed by atoms with Gasteiger partial charge >= 0.3 is 0 Å². The van der Waals surface area contributed by atoms with Crippen LogP contribution in [0.3, 0.4) is 0 Å². The second-order valence-electron chi connectivity index (χ2n) is 29.2. The van der Waals surface area contributed by atoms with Crippen LogP contribution in [0, 0.1) is 47.3 Å². The maximum Gasteiger partial charge on any atom is 0.253 e. The van der Waals surface area contributed by atoms with E-state index in [9.17, 15) is 33.6 Å². The van der Waals surface area contributed by atoms with Crippen LogP contribution in [0.15, 0.2) is 185 Å². The Bertz CT molecular complexity index is 3690. The van der Waals surface area contributed by atoms with Gasteiger partial charge < -0.3 is 59.2 Å². The molecule has 0 aliphatic carbocycles. The van der Waals surface area contributed by atoms with Gasteiger partial charge in [-0.2, -0.15) is 0 Å². The van der Waals surface area contributed by atoms with Crippen LogP contribution >= 0.6 is 15.9 Å². The summed E-state index contributed by atoms with van der Waals surface area (Å²) in [5, 5.41) is 22.9. The number of rotatable bonds is 7. The lowest BCUT2D eigenvalue weighted by Crippen LogP contribution is -2.33. The number of fused-ring (bicyclic) bond motifs is 5. The van der Waals surface area contributed by atoms with Crippen molar-refractivity contribution in [1.29, 1.82) is 0 Å². The van der Waals surface area contributed by atoms with Gasteiger partial charge in [0.2, 0.25) is 23.6 Å². The average molecular weight is 1500 g/mol. The van der Waals surface area contributed by atoms with Gasteiger partial charge in [-0.3, -0.25) is 43.4 Å². The fourth-order valence-electron chi connectivity index (χ4n) is 15.5. The molecule has 12 aliphatic heterocycles. The molecule has 9 saturated heterocycles. The first kappa shape index (κ1) is 79.4. The van der Waals surface area contributed by atoms with Crippen molar-refractivity contribution in [3.63, 3.8) is 0 Å². The van der Waals surface area contributed by atoms with E-state index in [4.69, 9.17) is 33.9 Å². The Balaban J connectivity index is 0.000000132. The SMILES string of the molecule is C.CC1=C(Br)[C@@H]2COC(c3ccccc3)N2C1=O.CC1=C(C)[C@@H]2COC(c3ccccc3)N2C1=O.CC1=C[C@@H]2COC(c3ccccc3)N2C1=O.CC1C(=O)N2C(c3ccccc3)OC[C@H]2C1C.CC1C(=O)N2C(c3ccccc3)OC[C@H]2C1C.CC1C(=O)N[C@@H](CO)C1C.CC1C(=O)N[C@@H](CO)C1C. The standard InChI is InChI=1S/2C14H17NO2.C14H15NO2.C13H12BrNO2.C13H13NO2.2C7H13NO2.CH4/c3*1-9-10(2)13(16)15-12(9)8-17-14(15)11-6-4-3-5-7-11;1-8-11(14)10-7-17-13(15(10)12(8)16)9-5-3-2-4-6-9;1-9-7-11-8-16-13(14(11)12(9)15)10-5-3-2-4-6-10;2*1-4-5(2)7(10)8-6(4)3-9;/h2*3-7,9-10,12,14H,8H2,1-2H3;3-7,12,14H,8H2,1-2H3;2-6,10,13H,7H2,1H3;2-7,11,13H,8H2,1H3;2*4-6,9H,3H2,1-2H3,(H,8,10);1H4/t2*9?,10?,12-,14?;12-,14?;10-,13?;11-,13?;2*4?,5?,6-;/m0000100./s1. The molecule has 0 spiro atoms. The number of hydrogen-bond acceptors (Lipinski definition) is 14. The summed E-state index contributed by atoms with van der Waals surface area (Å²) in [5.41, 5.74) is 8.90. The lowest BCUT2D eigenvalue weighted by molar-refractivity contribution is -0.138. The average Bonchev–Trinajstić information content (AvgIpc) is 1.61. The molecule has 562 valence electrons. The summed E-state index contributed by atoms with van der Waals surface area (Å²) < 4.78 is 29.7. The zero-order valence-corrected chi connectivity index (χ0v) is 63.0. The zero-order valence-electron chi connectivity index (χ0n) is 61.4. The van der Waals surface area contributed by atoms with Crippen molar-refractivity contribution in [3.8, 4) is 0 Å². The highest BCUT2D eigenvalue weighted by Gasteiger charge is 2.53. The first-order valence-corrected chi connectivity index (χ1v) is 37.2. The molecule has 13 unspecified atom stereocenters. The number of amides is 7. The maximum absolute atomic E-state index is 12.2. The largest absolute Gasteiger partial charge is 0.394 e. The molecule has 0 bridgehead atoms. The first-order chi connectivity index (χ1) is 49.9. The number of carbonyl (C=O) groups is 7. The Morgan fingerprint density at radius 1 is 0.390 bits per heavy atom. The molecule has 12 aliphatic rings. The van der Waals surface area contributed by atoms with Gasteiger partial charge in [-0.05, 0) is 56.9 Å². The molecular weight excluding hydrogens is 1400 g/mol. The summed E-state index contributed by atoms with van der Waals surface area (Å²) in [6.45, 7) is 26.9. The molecule has 7 amide bonds. The third-order valence-electron chi connectivity index (χ3n) is 23.2. The van der Waals surface area contributed by atoms with E-state index in [0.29, 0.717) is 44.9 Å². The van der Waals surface area contributed by atoms with Gasteiger partial charge in [0.1, 0.15) is 0 Å². The van der Waals surface area contributed by atoms with Crippen molar-refractivity contribution >= 4 is 57.3 Å². The van der Waals surface area contributed by atoms with Crippen LogP contribution in [-0.2, 0) is 57.2 Å². The van der Waals surface area contributed by atoms with Crippen LogP contribution in [0.4, 0.5) is 0 Å². The lowest BCUT2D eigenvalue weighted by Gasteiger charge is -2.23. The molecule has 17 rings (SSSR count). The monoisotopic (exact) mass is 1500 g/mol. The topological polar surface area (TPSA) is 246 Å². The number of ether oxygens (including phenoxy) is 5. The molecule has 5 aromatic carbocycles. The molecule has 5 aromatic rings. The molecule has 12 heterocycles. The van der Waals surface area contributed by atoms with Gasteiger partial charge in [0.25, 0.3) is 17.7 Å². The summed E-state index contributed by atoms with van der Waals surface area (Å²) in [5.74, 6) is 2.49. The highest BCUT2D eigenvalue weighted by atomic mass is 79.9. The third-order valence-corrected chi connectivity index (χ3v) is 24.3. The van der Waals surface area contributed by atoms with E-state index in [1.54, 1.807) is 0 Å². The van der Waals surface area contributed by atoms with Crippen molar-refractivity contribution in [3.05, 3.63) is 212 Å². The summed E-state index contributed by atoms with van der Waals surface area (Å²) in [7, 11) is 0. The normalized spacial score (nSPS) is 32.7. The fourth-order valence-corrected chi connectivity index (χ4v) is 16.1. The second-order valence-corrected chi connectivity index (χ2v) is 30.0. The van der Waals surface area contributed by atoms with Crippen LogP contribution in [0.1, 0.15) is 149 Å². The Hall–Kier alpha value is -8.19. The van der Waals surface area contributed by atoms with Crippen molar-refractivity contribution in [2.75, 3.05) is 46.2 Å². The maximum atomic E-state index is 12.2. The van der Waals surface area contributed by atoms with E-state index in [1.165, 1.54) is 0 Å². The van der Waals surface area contributed by atoms with E-state index in [0.717, 1.165) is 54.6 Å². The summed E-state index contributed by atoms with van der Waals surface area (Å²) in [4.78, 5) is 91.9. The molecular formula is C83H104BrN7O14. The van der Waals surface area contributed by atoms with Gasteiger partial charge in [0.05, 0.1) is 88.5 Å².